The van der Waals surface area contributed by atoms with E-state index in [1.54, 1.807) is 0 Å². The first-order valence-corrected chi connectivity index (χ1v) is 9.49. The van der Waals surface area contributed by atoms with Crippen LogP contribution in [-0.4, -0.2) is 27.5 Å². The Morgan fingerprint density at radius 2 is 1.73 bits per heavy atom. The summed E-state index contributed by atoms with van der Waals surface area (Å²) in [6.07, 6.45) is 0.0297. The molecule has 0 heterocycles. The van der Waals surface area contributed by atoms with Crippen LogP contribution in [0, 0.1) is 0 Å². The van der Waals surface area contributed by atoms with Gasteiger partial charge < -0.3 is 10.1 Å². The predicted molar refractivity (Wildman–Crippen MR) is 97.1 cm³/mol. The summed E-state index contributed by atoms with van der Waals surface area (Å²) in [5, 5.41) is 2.80. The third-order valence-electron chi connectivity index (χ3n) is 3.39. The minimum atomic E-state index is -3.75. The number of nitrogens with one attached hydrogen (secondary N) is 2. The molecule has 7 nitrogen and oxygen atoms in total. The van der Waals surface area contributed by atoms with E-state index in [4.69, 9.17) is 4.74 Å². The lowest BCUT2D eigenvalue weighted by Gasteiger charge is -2.14. The number of amides is 1. The molecule has 26 heavy (non-hydrogen) atoms. The van der Waals surface area contributed by atoms with E-state index in [0.717, 1.165) is 11.3 Å². The van der Waals surface area contributed by atoms with Crippen molar-refractivity contribution in [1.82, 2.24) is 10.2 Å². The molecule has 0 atom stereocenters. The van der Waals surface area contributed by atoms with Crippen LogP contribution in [-0.2, 0) is 21.4 Å². The van der Waals surface area contributed by atoms with Crippen molar-refractivity contribution in [1.29, 1.82) is 0 Å². The summed E-state index contributed by atoms with van der Waals surface area (Å²) in [4.78, 5) is 18.7. The Bertz CT molecular complexity index is 848. The van der Waals surface area contributed by atoms with Gasteiger partial charge in [-0.25, -0.2) is 8.42 Å². The molecular formula is C18H22N2O5S. The van der Waals surface area contributed by atoms with Gasteiger partial charge in [-0.2, -0.15) is 0 Å². The first-order valence-electron chi connectivity index (χ1n) is 8.01. The average molecular weight is 378 g/mol. The van der Waals surface area contributed by atoms with Crippen LogP contribution < -0.4 is 14.9 Å². The van der Waals surface area contributed by atoms with Gasteiger partial charge in [0.1, 0.15) is 5.75 Å². The first-order chi connectivity index (χ1) is 12.3. The maximum absolute atomic E-state index is 12.3. The van der Waals surface area contributed by atoms with Crippen LogP contribution in [0.1, 0.15) is 29.8 Å². The predicted octanol–water partition coefficient (Wildman–Crippen LogP) is 2.24. The molecular weight excluding hydrogens is 356 g/mol. The fraction of sp³-hybridized carbons (Fsp3) is 0.278. The highest BCUT2D eigenvalue weighted by Gasteiger charge is 2.15. The summed E-state index contributed by atoms with van der Waals surface area (Å²) in [7, 11) is -2.54. The second kappa shape index (κ2) is 8.79. The normalized spacial score (nSPS) is 11.4. The Kier molecular flexibility index (Phi) is 6.73. The van der Waals surface area contributed by atoms with E-state index in [0.29, 0.717) is 12.1 Å². The highest BCUT2D eigenvalue weighted by molar-refractivity contribution is 7.89. The molecule has 0 unspecified atom stereocenters. The Morgan fingerprint density at radius 3 is 2.35 bits per heavy atom. The zero-order valence-corrected chi connectivity index (χ0v) is 15.7. The molecule has 0 aliphatic carbocycles. The van der Waals surface area contributed by atoms with Crippen molar-refractivity contribution < 1.29 is 22.8 Å². The monoisotopic (exact) mass is 378 g/mol. The van der Waals surface area contributed by atoms with Crippen molar-refractivity contribution in [2.45, 2.75) is 31.4 Å². The van der Waals surface area contributed by atoms with Gasteiger partial charge in [0.25, 0.3) is 15.9 Å². The SMILES string of the molecule is CONS(=O)(=O)c1ccc(C(=O)NCc2ccccc2OC(C)C)cc1. The molecule has 2 aromatic rings. The quantitative estimate of drug-likeness (QED) is 0.687. The van der Waals surface area contributed by atoms with Gasteiger partial charge >= 0.3 is 0 Å². The Labute approximate surface area is 153 Å². The van der Waals surface area contributed by atoms with E-state index in [1.807, 2.05) is 43.0 Å². The summed E-state index contributed by atoms with van der Waals surface area (Å²) in [6, 6.07) is 13.0. The second-order valence-electron chi connectivity index (χ2n) is 5.77. The number of sulfonamides is 1. The van der Waals surface area contributed by atoms with E-state index >= 15 is 0 Å². The Morgan fingerprint density at radius 1 is 1.08 bits per heavy atom. The molecule has 0 saturated heterocycles. The number of hydrogen-bond acceptors (Lipinski definition) is 5. The molecule has 0 aliphatic heterocycles. The zero-order valence-electron chi connectivity index (χ0n) is 14.9. The minimum Gasteiger partial charge on any atom is -0.491 e. The van der Waals surface area contributed by atoms with Gasteiger partial charge in [-0.1, -0.05) is 23.1 Å². The van der Waals surface area contributed by atoms with E-state index in [1.165, 1.54) is 31.4 Å². The first kappa shape index (κ1) is 19.9. The van der Waals surface area contributed by atoms with E-state index in [2.05, 4.69) is 10.2 Å². The largest absolute Gasteiger partial charge is 0.491 e. The van der Waals surface area contributed by atoms with Crippen LogP contribution in [0.5, 0.6) is 5.75 Å². The van der Waals surface area contributed by atoms with Gasteiger partial charge in [-0.3, -0.25) is 9.63 Å². The summed E-state index contributed by atoms with van der Waals surface area (Å²) in [6.45, 7) is 4.17. The third-order valence-corrected chi connectivity index (χ3v) is 4.67. The topological polar surface area (TPSA) is 93.7 Å². The fourth-order valence-electron chi connectivity index (χ4n) is 2.24. The number of para-hydroxylation sites is 1. The van der Waals surface area contributed by atoms with E-state index in [9.17, 15) is 13.2 Å². The number of carbonyl (C=O) groups excluding carboxylic acids is 1. The molecule has 0 fully saturated rings. The lowest BCUT2D eigenvalue weighted by Crippen LogP contribution is -2.24. The number of benzene rings is 2. The molecule has 8 heteroatoms. The molecule has 0 bridgehead atoms. The fourth-order valence-corrected chi connectivity index (χ4v) is 3.05. The van der Waals surface area contributed by atoms with Gasteiger partial charge in [0, 0.05) is 17.7 Å². The standard InChI is InChI=1S/C18H22N2O5S/c1-13(2)25-17-7-5-4-6-15(17)12-19-18(21)14-8-10-16(11-9-14)26(22,23)20-24-3/h4-11,13,20H,12H2,1-3H3,(H,19,21). The number of carbonyl (C=O) groups is 1. The second-order valence-corrected chi connectivity index (χ2v) is 7.42. The number of rotatable bonds is 8. The molecule has 0 saturated carbocycles. The Balaban J connectivity index is 2.05. The number of ether oxygens (including phenoxy) is 1. The highest BCUT2D eigenvalue weighted by Crippen LogP contribution is 2.19. The van der Waals surface area contributed by atoms with Crippen LogP contribution in [0.2, 0.25) is 0 Å². The molecule has 140 valence electrons. The van der Waals surface area contributed by atoms with E-state index in [-0.39, 0.29) is 16.9 Å². The summed E-state index contributed by atoms with van der Waals surface area (Å²) in [5.74, 6) is 0.405. The van der Waals surface area contributed by atoms with Crippen molar-refractivity contribution >= 4 is 15.9 Å². The zero-order chi connectivity index (χ0) is 19.2. The van der Waals surface area contributed by atoms with Gasteiger partial charge in [0.05, 0.1) is 18.1 Å². The molecule has 2 rings (SSSR count). The minimum absolute atomic E-state index is 0.00609. The summed E-state index contributed by atoms with van der Waals surface area (Å²) < 4.78 is 29.3. The van der Waals surface area contributed by atoms with E-state index < -0.39 is 10.0 Å². The van der Waals surface area contributed by atoms with Gasteiger partial charge in [0.15, 0.2) is 0 Å². The molecule has 0 aliphatic rings. The third kappa shape index (κ3) is 5.29. The lowest BCUT2D eigenvalue weighted by molar-refractivity contribution is 0.0950. The van der Waals surface area contributed by atoms with Crippen molar-refractivity contribution in [3.63, 3.8) is 0 Å². The summed E-state index contributed by atoms with van der Waals surface area (Å²) in [5.41, 5.74) is 1.21. The van der Waals surface area contributed by atoms with Crippen LogP contribution >= 0.6 is 0 Å². The molecule has 2 aromatic carbocycles. The van der Waals surface area contributed by atoms with Crippen molar-refractivity contribution in [2.24, 2.45) is 0 Å². The van der Waals surface area contributed by atoms with Crippen LogP contribution in [0.25, 0.3) is 0 Å². The molecule has 2 N–H and O–H groups in total. The van der Waals surface area contributed by atoms with Crippen LogP contribution in [0.3, 0.4) is 0 Å². The maximum atomic E-state index is 12.3. The van der Waals surface area contributed by atoms with Crippen molar-refractivity contribution in [3.05, 3.63) is 59.7 Å². The lowest BCUT2D eigenvalue weighted by atomic mass is 10.1. The summed E-state index contributed by atoms with van der Waals surface area (Å²) >= 11 is 0. The Hall–Kier alpha value is -2.42. The van der Waals surface area contributed by atoms with Crippen LogP contribution in [0.4, 0.5) is 0 Å². The molecule has 0 spiro atoms. The van der Waals surface area contributed by atoms with Gasteiger partial charge in [0.2, 0.25) is 0 Å². The molecule has 1 amide bonds. The average Bonchev–Trinajstić information content (AvgIpc) is 2.60. The smallest absolute Gasteiger partial charge is 0.262 e. The van der Waals surface area contributed by atoms with Crippen molar-refractivity contribution in [3.8, 4) is 5.75 Å². The van der Waals surface area contributed by atoms with Gasteiger partial charge in [-0.05, 0) is 44.2 Å². The molecule has 0 radical (unpaired) electrons. The maximum Gasteiger partial charge on any atom is 0.262 e. The van der Waals surface area contributed by atoms with Gasteiger partial charge in [-0.15, -0.1) is 0 Å². The highest BCUT2D eigenvalue weighted by atomic mass is 32.2. The van der Waals surface area contributed by atoms with Crippen molar-refractivity contribution in [2.75, 3.05) is 7.11 Å². The molecule has 0 aromatic heterocycles. The number of hydrogen-bond donors (Lipinski definition) is 2. The van der Waals surface area contributed by atoms with Crippen LogP contribution in [0.15, 0.2) is 53.4 Å².